The van der Waals surface area contributed by atoms with Gasteiger partial charge in [-0.05, 0) is 18.4 Å². The predicted octanol–water partition coefficient (Wildman–Crippen LogP) is 4.30. The molecule has 2 heterocycles. The fourth-order valence-electron chi connectivity index (χ4n) is 2.19. The Morgan fingerprint density at radius 1 is 1.19 bits per heavy atom. The molecule has 4 nitrogen and oxygen atoms in total. The highest BCUT2D eigenvalue weighted by Crippen LogP contribution is 2.35. The van der Waals surface area contributed by atoms with Crippen molar-refractivity contribution in [1.29, 1.82) is 0 Å². The summed E-state index contributed by atoms with van der Waals surface area (Å²) in [5.74, 6) is 0. The van der Waals surface area contributed by atoms with Crippen LogP contribution in [0.5, 0.6) is 0 Å². The van der Waals surface area contributed by atoms with Gasteiger partial charge >= 0.3 is 0 Å². The number of aromatic nitrogens is 4. The quantitative estimate of drug-likeness (QED) is 0.668. The number of thioether (sulfide) groups is 1. The molecular weight excluding hydrogens is 327 g/mol. The molecule has 0 radical (unpaired) electrons. The molecule has 0 atom stereocenters. The van der Waals surface area contributed by atoms with Crippen molar-refractivity contribution >= 4 is 35.0 Å². The molecule has 0 saturated heterocycles. The Morgan fingerprint density at radius 2 is 2.00 bits per heavy atom. The summed E-state index contributed by atoms with van der Waals surface area (Å²) in [5.41, 5.74) is 2.75. The molecule has 21 heavy (non-hydrogen) atoms. The van der Waals surface area contributed by atoms with Gasteiger partial charge in [0.25, 0.3) is 0 Å². The van der Waals surface area contributed by atoms with Gasteiger partial charge in [-0.3, -0.25) is 4.68 Å². The molecule has 0 N–H and O–H groups in total. The van der Waals surface area contributed by atoms with E-state index in [1.54, 1.807) is 30.4 Å². The van der Waals surface area contributed by atoms with E-state index in [-0.39, 0.29) is 0 Å². The van der Waals surface area contributed by atoms with Crippen molar-refractivity contribution in [3.63, 3.8) is 0 Å². The molecule has 0 bridgehead atoms. The lowest BCUT2D eigenvalue weighted by Crippen LogP contribution is -1.95. The minimum Gasteiger partial charge on any atom is -0.302 e. The van der Waals surface area contributed by atoms with Crippen LogP contribution in [0.2, 0.25) is 10.0 Å². The van der Waals surface area contributed by atoms with E-state index in [1.165, 1.54) is 0 Å². The van der Waals surface area contributed by atoms with Crippen LogP contribution in [0.25, 0.3) is 16.9 Å². The summed E-state index contributed by atoms with van der Waals surface area (Å²) >= 11 is 13.8. The van der Waals surface area contributed by atoms with Gasteiger partial charge in [0, 0.05) is 25.0 Å². The average Bonchev–Trinajstić information content (AvgIpc) is 3.08. The Hall–Kier alpha value is -1.43. The molecule has 0 spiro atoms. The molecule has 0 fully saturated rings. The van der Waals surface area contributed by atoms with Crippen molar-refractivity contribution in [2.24, 2.45) is 7.05 Å². The fraction of sp³-hybridized carbons (Fsp3) is 0.143. The van der Waals surface area contributed by atoms with Crippen molar-refractivity contribution in [2.75, 3.05) is 6.26 Å². The molecule has 1 aromatic carbocycles. The molecule has 0 amide bonds. The molecule has 2 aromatic heterocycles. The SMILES string of the molecule is CSc1c(-n2ccnc2)c(-c2ccc(Cl)c(Cl)c2)nn1C. The molecule has 0 aliphatic rings. The zero-order valence-corrected chi connectivity index (χ0v) is 13.7. The van der Waals surface area contributed by atoms with E-state index >= 15 is 0 Å². The monoisotopic (exact) mass is 338 g/mol. The molecule has 0 saturated carbocycles. The lowest BCUT2D eigenvalue weighted by atomic mass is 10.1. The first kappa shape index (κ1) is 14.5. The van der Waals surface area contributed by atoms with Crippen molar-refractivity contribution < 1.29 is 0 Å². The van der Waals surface area contributed by atoms with Gasteiger partial charge in [-0.1, -0.05) is 29.3 Å². The van der Waals surface area contributed by atoms with Crippen molar-refractivity contribution in [2.45, 2.75) is 5.03 Å². The molecule has 0 aliphatic carbocycles. The van der Waals surface area contributed by atoms with Crippen LogP contribution in [0.4, 0.5) is 0 Å². The number of benzene rings is 1. The zero-order valence-electron chi connectivity index (χ0n) is 11.4. The van der Waals surface area contributed by atoms with Crippen molar-refractivity contribution in [3.05, 3.63) is 47.0 Å². The van der Waals surface area contributed by atoms with Gasteiger partial charge in [-0.15, -0.1) is 11.8 Å². The van der Waals surface area contributed by atoms with Gasteiger partial charge in [-0.2, -0.15) is 5.10 Å². The second-order valence-corrected chi connectivity index (χ2v) is 6.04. The van der Waals surface area contributed by atoms with Crippen molar-refractivity contribution in [1.82, 2.24) is 19.3 Å². The van der Waals surface area contributed by atoms with E-state index in [4.69, 9.17) is 23.2 Å². The maximum atomic E-state index is 6.13. The van der Waals surface area contributed by atoms with Crippen LogP contribution >= 0.6 is 35.0 Å². The van der Waals surface area contributed by atoms with Gasteiger partial charge in [-0.25, -0.2) is 4.98 Å². The average molecular weight is 339 g/mol. The number of halogens is 2. The van der Waals surface area contributed by atoms with Crippen LogP contribution in [0, 0.1) is 0 Å². The normalized spacial score (nSPS) is 11.0. The summed E-state index contributed by atoms with van der Waals surface area (Å²) in [6.45, 7) is 0. The van der Waals surface area contributed by atoms with Crippen LogP contribution < -0.4 is 0 Å². The van der Waals surface area contributed by atoms with Gasteiger partial charge in [0.15, 0.2) is 0 Å². The number of rotatable bonds is 3. The Balaban J connectivity index is 2.25. The smallest absolute Gasteiger partial charge is 0.118 e. The molecule has 0 aliphatic heterocycles. The third-order valence-corrected chi connectivity index (χ3v) is 4.70. The third kappa shape index (κ3) is 2.57. The summed E-state index contributed by atoms with van der Waals surface area (Å²) in [6, 6.07) is 5.53. The molecule has 0 unspecified atom stereocenters. The Morgan fingerprint density at radius 3 is 2.62 bits per heavy atom. The number of hydrogen-bond acceptors (Lipinski definition) is 3. The number of imidazole rings is 1. The zero-order chi connectivity index (χ0) is 15.0. The van der Waals surface area contributed by atoms with Crippen LogP contribution in [0.15, 0.2) is 41.9 Å². The van der Waals surface area contributed by atoms with Gasteiger partial charge in [0.1, 0.15) is 16.4 Å². The summed E-state index contributed by atoms with van der Waals surface area (Å²) < 4.78 is 3.81. The maximum Gasteiger partial charge on any atom is 0.118 e. The van der Waals surface area contributed by atoms with Crippen LogP contribution in [-0.2, 0) is 7.05 Å². The second-order valence-electron chi connectivity index (χ2n) is 4.43. The lowest BCUT2D eigenvalue weighted by molar-refractivity contribution is 0.698. The Kier molecular flexibility index (Phi) is 3.97. The maximum absolute atomic E-state index is 6.13. The number of nitrogens with zero attached hydrogens (tertiary/aromatic N) is 4. The highest BCUT2D eigenvalue weighted by Gasteiger charge is 2.19. The molecule has 108 valence electrons. The van der Waals surface area contributed by atoms with Gasteiger partial charge in [0.05, 0.1) is 16.4 Å². The minimum absolute atomic E-state index is 0.516. The van der Waals surface area contributed by atoms with Crippen molar-refractivity contribution in [3.8, 4) is 16.9 Å². The van der Waals surface area contributed by atoms with Gasteiger partial charge in [0.2, 0.25) is 0 Å². The molecule has 3 rings (SSSR count). The predicted molar refractivity (Wildman–Crippen MR) is 87.6 cm³/mol. The second kappa shape index (κ2) is 5.75. The van der Waals surface area contributed by atoms with Crippen LogP contribution in [0.3, 0.4) is 0 Å². The summed E-state index contributed by atoms with van der Waals surface area (Å²) in [5, 5.41) is 6.72. The van der Waals surface area contributed by atoms with E-state index in [9.17, 15) is 0 Å². The highest BCUT2D eigenvalue weighted by molar-refractivity contribution is 7.98. The number of hydrogen-bond donors (Lipinski definition) is 0. The summed E-state index contributed by atoms with van der Waals surface area (Å²) in [7, 11) is 1.92. The topological polar surface area (TPSA) is 35.6 Å². The Labute approximate surface area is 136 Å². The summed E-state index contributed by atoms with van der Waals surface area (Å²) in [6.07, 6.45) is 7.43. The van der Waals surface area contributed by atoms with E-state index in [0.717, 1.165) is 22.0 Å². The van der Waals surface area contributed by atoms with E-state index in [1.807, 2.05) is 40.9 Å². The lowest BCUT2D eigenvalue weighted by Gasteiger charge is -2.06. The first-order chi connectivity index (χ1) is 10.1. The number of aryl methyl sites for hydroxylation is 1. The molecular formula is C14H12Cl2N4S. The minimum atomic E-state index is 0.516. The van der Waals surface area contributed by atoms with Crippen LogP contribution in [0.1, 0.15) is 0 Å². The first-order valence-electron chi connectivity index (χ1n) is 6.16. The Bertz CT molecular complexity index is 781. The van der Waals surface area contributed by atoms with E-state index in [0.29, 0.717) is 10.0 Å². The standard InChI is InChI=1S/C14H12Cl2N4S/c1-19-14(21-2)13(20-6-5-17-8-20)12(18-19)9-3-4-10(15)11(16)7-9/h3-8H,1-2H3. The van der Waals surface area contributed by atoms with E-state index in [2.05, 4.69) is 10.1 Å². The highest BCUT2D eigenvalue weighted by atomic mass is 35.5. The van der Waals surface area contributed by atoms with E-state index < -0.39 is 0 Å². The summed E-state index contributed by atoms with van der Waals surface area (Å²) in [4.78, 5) is 4.12. The molecule has 7 heteroatoms. The molecule has 3 aromatic rings. The first-order valence-corrected chi connectivity index (χ1v) is 8.14. The largest absolute Gasteiger partial charge is 0.302 e. The fourth-order valence-corrected chi connectivity index (χ4v) is 3.19. The third-order valence-electron chi connectivity index (χ3n) is 3.12. The van der Waals surface area contributed by atoms with Gasteiger partial charge < -0.3 is 4.57 Å². The van der Waals surface area contributed by atoms with Crippen LogP contribution in [-0.4, -0.2) is 25.6 Å².